The predicted molar refractivity (Wildman–Crippen MR) is 52.9 cm³/mol. The number of hydrogen-bond acceptors (Lipinski definition) is 3. The molecule has 76 valence electrons. The van der Waals surface area contributed by atoms with Crippen molar-refractivity contribution in [3.8, 4) is 0 Å². The van der Waals surface area contributed by atoms with Gasteiger partial charge in [-0.1, -0.05) is 6.92 Å². The van der Waals surface area contributed by atoms with Crippen LogP contribution in [0.1, 0.15) is 26.2 Å². The Labute approximate surface area is 82.5 Å². The van der Waals surface area contributed by atoms with Gasteiger partial charge < -0.3 is 10.2 Å². The Bertz CT molecular complexity index is 184. The van der Waals surface area contributed by atoms with Crippen LogP contribution in [0.3, 0.4) is 0 Å². The quantitative estimate of drug-likeness (QED) is 0.726. The average Bonchev–Trinajstić information content (AvgIpc) is 2.47. The maximum atomic E-state index is 10.5. The molecule has 3 nitrogen and oxygen atoms in total. The van der Waals surface area contributed by atoms with Gasteiger partial charge in [0.15, 0.2) is 0 Å². The summed E-state index contributed by atoms with van der Waals surface area (Å²) in [5.41, 5.74) is 0. The topological polar surface area (TPSA) is 57.5 Å². The summed E-state index contributed by atoms with van der Waals surface area (Å²) >= 11 is 1.60. The first-order chi connectivity index (χ1) is 6.11. The molecule has 13 heavy (non-hydrogen) atoms. The van der Waals surface area contributed by atoms with E-state index >= 15 is 0 Å². The summed E-state index contributed by atoms with van der Waals surface area (Å²) in [7, 11) is 0. The van der Waals surface area contributed by atoms with Crippen molar-refractivity contribution in [2.75, 3.05) is 5.75 Å². The van der Waals surface area contributed by atoms with E-state index < -0.39 is 5.97 Å². The lowest BCUT2D eigenvalue weighted by atomic mass is 10.2. The molecule has 3 atom stereocenters. The number of aliphatic hydroxyl groups excluding tert-OH is 1. The van der Waals surface area contributed by atoms with E-state index in [-0.39, 0.29) is 17.3 Å². The molecule has 1 saturated carbocycles. The van der Waals surface area contributed by atoms with Crippen LogP contribution < -0.4 is 0 Å². The maximum Gasteiger partial charge on any atom is 0.307 e. The van der Waals surface area contributed by atoms with Crippen molar-refractivity contribution in [2.24, 2.45) is 5.92 Å². The minimum Gasteiger partial charge on any atom is -0.481 e. The molecule has 0 heterocycles. The van der Waals surface area contributed by atoms with Crippen LogP contribution in [0.25, 0.3) is 0 Å². The van der Waals surface area contributed by atoms with Gasteiger partial charge in [0.25, 0.3) is 0 Å². The highest BCUT2D eigenvalue weighted by Gasteiger charge is 2.26. The molecule has 0 radical (unpaired) electrons. The summed E-state index contributed by atoms with van der Waals surface area (Å²) in [6.07, 6.45) is 2.75. The van der Waals surface area contributed by atoms with Crippen molar-refractivity contribution < 1.29 is 15.0 Å². The molecule has 3 unspecified atom stereocenters. The highest BCUT2D eigenvalue weighted by molar-refractivity contribution is 8.00. The maximum absolute atomic E-state index is 10.5. The Morgan fingerprint density at radius 2 is 2.31 bits per heavy atom. The lowest BCUT2D eigenvalue weighted by Gasteiger charge is -2.14. The predicted octanol–water partition coefficient (Wildman–Crippen LogP) is 1.35. The summed E-state index contributed by atoms with van der Waals surface area (Å²) in [4.78, 5) is 10.5. The average molecular weight is 204 g/mol. The molecular weight excluding hydrogens is 188 g/mol. The fourth-order valence-corrected chi connectivity index (χ4v) is 2.81. The van der Waals surface area contributed by atoms with Crippen molar-refractivity contribution in [1.29, 1.82) is 0 Å². The number of hydrogen-bond donors (Lipinski definition) is 2. The molecule has 2 N–H and O–H groups in total. The third-order valence-corrected chi connectivity index (χ3v) is 4.07. The first-order valence-electron chi connectivity index (χ1n) is 4.63. The summed E-state index contributed by atoms with van der Waals surface area (Å²) in [6.45, 7) is 1.71. The fraction of sp³-hybridized carbons (Fsp3) is 0.889. The number of carbonyl (C=O) groups is 1. The minimum absolute atomic E-state index is 0.217. The molecule has 1 fully saturated rings. The van der Waals surface area contributed by atoms with Gasteiger partial charge in [0.2, 0.25) is 0 Å². The second-order valence-electron chi connectivity index (χ2n) is 3.61. The van der Waals surface area contributed by atoms with E-state index in [1.807, 2.05) is 0 Å². The minimum atomic E-state index is -0.750. The summed E-state index contributed by atoms with van der Waals surface area (Å²) in [6, 6.07) is 0. The van der Waals surface area contributed by atoms with E-state index in [1.54, 1.807) is 18.7 Å². The van der Waals surface area contributed by atoms with Crippen LogP contribution in [0.2, 0.25) is 0 Å². The third-order valence-electron chi connectivity index (χ3n) is 2.40. The van der Waals surface area contributed by atoms with Gasteiger partial charge in [-0.15, -0.1) is 0 Å². The van der Waals surface area contributed by atoms with Gasteiger partial charge in [0, 0.05) is 11.0 Å². The van der Waals surface area contributed by atoms with Crippen LogP contribution in [0.5, 0.6) is 0 Å². The molecule has 0 saturated heterocycles. The Balaban J connectivity index is 2.22. The monoisotopic (exact) mass is 204 g/mol. The number of aliphatic hydroxyl groups is 1. The van der Waals surface area contributed by atoms with E-state index in [1.165, 1.54) is 0 Å². The highest BCUT2D eigenvalue weighted by Crippen LogP contribution is 2.30. The van der Waals surface area contributed by atoms with Gasteiger partial charge in [-0.2, -0.15) is 11.8 Å². The van der Waals surface area contributed by atoms with E-state index in [2.05, 4.69) is 0 Å². The van der Waals surface area contributed by atoms with E-state index in [4.69, 9.17) is 5.11 Å². The normalized spacial score (nSPS) is 30.3. The second kappa shape index (κ2) is 4.86. The standard InChI is InChI=1S/C9H16O3S/c1-6(9(11)12)5-13-8-4-2-3-7(8)10/h6-8,10H,2-5H2,1H3,(H,11,12). The van der Waals surface area contributed by atoms with Gasteiger partial charge in [-0.05, 0) is 19.3 Å². The lowest BCUT2D eigenvalue weighted by Crippen LogP contribution is -2.19. The van der Waals surface area contributed by atoms with Crippen LogP contribution in [0, 0.1) is 5.92 Å². The summed E-state index contributed by atoms with van der Waals surface area (Å²) in [5, 5.41) is 18.4. The number of aliphatic carboxylic acids is 1. The molecule has 1 aliphatic rings. The summed E-state index contributed by atoms with van der Waals surface area (Å²) < 4.78 is 0. The zero-order valence-corrected chi connectivity index (χ0v) is 8.59. The molecule has 0 amide bonds. The molecule has 0 aromatic carbocycles. The number of rotatable bonds is 4. The third kappa shape index (κ3) is 3.19. The van der Waals surface area contributed by atoms with Crippen LogP contribution in [0.15, 0.2) is 0 Å². The molecule has 0 bridgehead atoms. The zero-order chi connectivity index (χ0) is 9.84. The van der Waals surface area contributed by atoms with Gasteiger partial charge in [0.05, 0.1) is 12.0 Å². The van der Waals surface area contributed by atoms with Gasteiger partial charge >= 0.3 is 5.97 Å². The largest absolute Gasteiger partial charge is 0.481 e. The van der Waals surface area contributed by atoms with E-state index in [0.29, 0.717) is 5.75 Å². The second-order valence-corrected chi connectivity index (χ2v) is 4.88. The first kappa shape index (κ1) is 10.9. The number of carboxylic acid groups (broad SMARTS) is 1. The molecule has 0 aromatic heterocycles. The van der Waals surface area contributed by atoms with Crippen molar-refractivity contribution in [2.45, 2.75) is 37.5 Å². The lowest BCUT2D eigenvalue weighted by molar-refractivity contribution is -0.140. The Hall–Kier alpha value is -0.220. The van der Waals surface area contributed by atoms with Gasteiger partial charge in [-0.25, -0.2) is 0 Å². The van der Waals surface area contributed by atoms with Gasteiger partial charge in [-0.3, -0.25) is 4.79 Å². The van der Waals surface area contributed by atoms with Gasteiger partial charge in [0.1, 0.15) is 0 Å². The Morgan fingerprint density at radius 1 is 1.62 bits per heavy atom. The van der Waals surface area contributed by atoms with Crippen molar-refractivity contribution in [1.82, 2.24) is 0 Å². The highest BCUT2D eigenvalue weighted by atomic mass is 32.2. The Kier molecular flexibility index (Phi) is 4.06. The number of carboxylic acids is 1. The van der Waals surface area contributed by atoms with E-state index in [9.17, 15) is 9.90 Å². The molecular formula is C9H16O3S. The Morgan fingerprint density at radius 3 is 2.77 bits per heavy atom. The fourth-order valence-electron chi connectivity index (χ4n) is 1.44. The van der Waals surface area contributed by atoms with Crippen LogP contribution >= 0.6 is 11.8 Å². The number of thioether (sulfide) groups is 1. The molecule has 0 aromatic rings. The van der Waals surface area contributed by atoms with Crippen molar-refractivity contribution in [3.63, 3.8) is 0 Å². The van der Waals surface area contributed by atoms with Crippen LogP contribution in [-0.4, -0.2) is 33.3 Å². The SMILES string of the molecule is CC(CSC1CCCC1O)C(=O)O. The molecule has 4 heteroatoms. The molecule has 0 aliphatic heterocycles. The smallest absolute Gasteiger partial charge is 0.307 e. The van der Waals surface area contributed by atoms with Crippen molar-refractivity contribution in [3.05, 3.63) is 0 Å². The van der Waals surface area contributed by atoms with Crippen LogP contribution in [0.4, 0.5) is 0 Å². The molecule has 1 aliphatic carbocycles. The van der Waals surface area contributed by atoms with E-state index in [0.717, 1.165) is 19.3 Å². The summed E-state index contributed by atoms with van der Waals surface area (Å²) in [5.74, 6) is -0.449. The van der Waals surface area contributed by atoms with Crippen LogP contribution in [-0.2, 0) is 4.79 Å². The molecule has 0 spiro atoms. The first-order valence-corrected chi connectivity index (χ1v) is 5.68. The molecule has 1 rings (SSSR count). The zero-order valence-electron chi connectivity index (χ0n) is 7.77. The van der Waals surface area contributed by atoms with Crippen molar-refractivity contribution >= 4 is 17.7 Å².